The third-order valence-electron chi connectivity index (χ3n) is 2.05. The molecular formula is C10H11NO2. The van der Waals surface area contributed by atoms with Crippen LogP contribution in [0.3, 0.4) is 0 Å². The van der Waals surface area contributed by atoms with Gasteiger partial charge in [-0.25, -0.2) is 5.90 Å². The van der Waals surface area contributed by atoms with Crippen LogP contribution in [0.15, 0.2) is 28.9 Å². The smallest absolute Gasteiger partial charge is 0.134 e. The fraction of sp³-hybridized carbons (Fsp3) is 0.200. The maximum absolute atomic E-state index is 5.35. The highest BCUT2D eigenvalue weighted by Crippen LogP contribution is 2.22. The lowest BCUT2D eigenvalue weighted by Gasteiger charge is -1.95. The molecule has 0 aliphatic rings. The van der Waals surface area contributed by atoms with Crippen molar-refractivity contribution < 1.29 is 9.25 Å². The molecule has 0 unspecified atom stereocenters. The summed E-state index contributed by atoms with van der Waals surface area (Å²) in [6.45, 7) is 2.41. The zero-order valence-corrected chi connectivity index (χ0v) is 7.41. The van der Waals surface area contributed by atoms with Gasteiger partial charge in [0.1, 0.15) is 5.58 Å². The third kappa shape index (κ3) is 1.43. The number of furan rings is 1. The molecule has 1 aromatic carbocycles. The molecule has 1 aromatic heterocycles. The van der Waals surface area contributed by atoms with E-state index in [-0.39, 0.29) is 0 Å². The molecule has 3 nitrogen and oxygen atoms in total. The summed E-state index contributed by atoms with van der Waals surface area (Å²) in [6.07, 6.45) is 1.68. The molecule has 0 spiro atoms. The second-order valence-corrected chi connectivity index (χ2v) is 3.07. The van der Waals surface area contributed by atoms with Crippen molar-refractivity contribution >= 4 is 11.0 Å². The van der Waals surface area contributed by atoms with Crippen molar-refractivity contribution in [3.8, 4) is 0 Å². The van der Waals surface area contributed by atoms with Crippen LogP contribution in [0.1, 0.15) is 11.1 Å². The first-order chi connectivity index (χ1) is 6.31. The van der Waals surface area contributed by atoms with E-state index in [1.54, 1.807) is 6.26 Å². The predicted octanol–water partition coefficient (Wildman–Crippen LogP) is 2.13. The Balaban J connectivity index is 2.55. The van der Waals surface area contributed by atoms with Gasteiger partial charge in [-0.15, -0.1) is 0 Å². The average molecular weight is 177 g/mol. The molecule has 0 amide bonds. The molecule has 0 saturated heterocycles. The minimum Gasteiger partial charge on any atom is -0.464 e. The van der Waals surface area contributed by atoms with Crippen LogP contribution in [0.25, 0.3) is 11.0 Å². The number of benzene rings is 1. The van der Waals surface area contributed by atoms with Crippen LogP contribution in [0, 0.1) is 6.92 Å². The third-order valence-corrected chi connectivity index (χ3v) is 2.05. The second-order valence-electron chi connectivity index (χ2n) is 3.07. The summed E-state index contributed by atoms with van der Waals surface area (Å²) in [5, 5.41) is 1.07. The van der Waals surface area contributed by atoms with Gasteiger partial charge in [0.15, 0.2) is 0 Å². The van der Waals surface area contributed by atoms with Crippen molar-refractivity contribution in [3.05, 3.63) is 35.6 Å². The van der Waals surface area contributed by atoms with E-state index in [9.17, 15) is 0 Å². The van der Waals surface area contributed by atoms with E-state index in [0.29, 0.717) is 6.61 Å². The predicted molar refractivity (Wildman–Crippen MR) is 49.9 cm³/mol. The molecule has 2 rings (SSSR count). The van der Waals surface area contributed by atoms with Gasteiger partial charge < -0.3 is 4.42 Å². The summed E-state index contributed by atoms with van der Waals surface area (Å²) in [4.78, 5) is 4.56. The van der Waals surface area contributed by atoms with Crippen molar-refractivity contribution in [2.75, 3.05) is 0 Å². The van der Waals surface area contributed by atoms with Crippen LogP contribution in [-0.2, 0) is 11.4 Å². The monoisotopic (exact) mass is 177 g/mol. The first-order valence-corrected chi connectivity index (χ1v) is 4.09. The summed E-state index contributed by atoms with van der Waals surface area (Å²) in [5.74, 6) is 5.00. The fourth-order valence-corrected chi connectivity index (χ4v) is 1.39. The van der Waals surface area contributed by atoms with Crippen molar-refractivity contribution in [1.82, 2.24) is 0 Å². The van der Waals surface area contributed by atoms with Gasteiger partial charge in [-0.2, -0.15) is 0 Å². The van der Waals surface area contributed by atoms with Gasteiger partial charge in [0, 0.05) is 10.9 Å². The van der Waals surface area contributed by atoms with Crippen molar-refractivity contribution in [3.63, 3.8) is 0 Å². The Morgan fingerprint density at radius 1 is 1.46 bits per heavy atom. The number of fused-ring (bicyclic) bond motifs is 1. The number of hydrogen-bond donors (Lipinski definition) is 1. The van der Waals surface area contributed by atoms with E-state index >= 15 is 0 Å². The summed E-state index contributed by atoms with van der Waals surface area (Å²) >= 11 is 0. The molecule has 3 heteroatoms. The molecule has 68 valence electrons. The molecule has 2 aromatic rings. The zero-order chi connectivity index (χ0) is 9.26. The van der Waals surface area contributed by atoms with Crippen LogP contribution < -0.4 is 5.90 Å². The fourth-order valence-electron chi connectivity index (χ4n) is 1.39. The molecule has 1 heterocycles. The number of nitrogens with two attached hydrogens (primary N) is 1. The Bertz CT molecular complexity index is 420. The van der Waals surface area contributed by atoms with Gasteiger partial charge in [-0.05, 0) is 18.6 Å². The van der Waals surface area contributed by atoms with Gasteiger partial charge >= 0.3 is 0 Å². The highest BCUT2D eigenvalue weighted by Gasteiger charge is 2.04. The van der Waals surface area contributed by atoms with Crippen molar-refractivity contribution in [1.29, 1.82) is 0 Å². The van der Waals surface area contributed by atoms with Crippen molar-refractivity contribution in [2.24, 2.45) is 5.90 Å². The van der Waals surface area contributed by atoms with E-state index < -0.39 is 0 Å². The van der Waals surface area contributed by atoms with Crippen LogP contribution in [0.2, 0.25) is 0 Å². The molecule has 0 bridgehead atoms. The molecule has 0 radical (unpaired) electrons. The Hall–Kier alpha value is -1.32. The highest BCUT2D eigenvalue weighted by molar-refractivity contribution is 5.81. The molecule has 13 heavy (non-hydrogen) atoms. The van der Waals surface area contributed by atoms with Gasteiger partial charge in [0.2, 0.25) is 0 Å². The minimum atomic E-state index is 0.385. The van der Waals surface area contributed by atoms with E-state index in [1.807, 2.05) is 25.1 Å². The van der Waals surface area contributed by atoms with Crippen LogP contribution >= 0.6 is 0 Å². The van der Waals surface area contributed by atoms with Crippen LogP contribution in [0.4, 0.5) is 0 Å². The molecule has 0 saturated carbocycles. The molecule has 0 atom stereocenters. The number of hydrogen-bond acceptors (Lipinski definition) is 3. The van der Waals surface area contributed by atoms with Crippen molar-refractivity contribution in [2.45, 2.75) is 13.5 Å². The Morgan fingerprint density at radius 2 is 2.31 bits per heavy atom. The molecular weight excluding hydrogens is 166 g/mol. The molecule has 0 aliphatic heterocycles. The summed E-state index contributed by atoms with van der Waals surface area (Å²) < 4.78 is 5.35. The Kier molecular flexibility index (Phi) is 2.04. The van der Waals surface area contributed by atoms with E-state index in [2.05, 4.69) is 4.84 Å². The standard InChI is InChI=1S/C10H11NO2/c1-7-2-3-9-8(6-13-11)5-12-10(9)4-7/h2-5H,6,11H2,1H3. The highest BCUT2D eigenvalue weighted by atomic mass is 16.6. The Morgan fingerprint density at radius 3 is 3.08 bits per heavy atom. The minimum absolute atomic E-state index is 0.385. The van der Waals surface area contributed by atoms with Gasteiger partial charge in [0.05, 0.1) is 12.9 Å². The van der Waals surface area contributed by atoms with Crippen LogP contribution in [-0.4, -0.2) is 0 Å². The normalized spacial score (nSPS) is 10.9. The lowest BCUT2D eigenvalue weighted by molar-refractivity contribution is 0.124. The quantitative estimate of drug-likeness (QED) is 0.715. The lowest BCUT2D eigenvalue weighted by atomic mass is 10.1. The first kappa shape index (κ1) is 8.29. The van der Waals surface area contributed by atoms with Crippen LogP contribution in [0.5, 0.6) is 0 Å². The topological polar surface area (TPSA) is 48.4 Å². The maximum Gasteiger partial charge on any atom is 0.134 e. The zero-order valence-electron chi connectivity index (χ0n) is 7.41. The van der Waals surface area contributed by atoms with E-state index in [4.69, 9.17) is 10.3 Å². The molecule has 2 N–H and O–H groups in total. The largest absolute Gasteiger partial charge is 0.464 e. The van der Waals surface area contributed by atoms with Gasteiger partial charge in [-0.3, -0.25) is 4.84 Å². The molecule has 0 fully saturated rings. The van der Waals surface area contributed by atoms with Gasteiger partial charge in [0.25, 0.3) is 0 Å². The van der Waals surface area contributed by atoms with Gasteiger partial charge in [-0.1, -0.05) is 12.1 Å². The lowest BCUT2D eigenvalue weighted by Crippen LogP contribution is -1.97. The number of aryl methyl sites for hydroxylation is 1. The SMILES string of the molecule is Cc1ccc2c(CON)coc2c1. The average Bonchev–Trinajstić information content (AvgIpc) is 2.49. The summed E-state index contributed by atoms with van der Waals surface area (Å²) in [7, 11) is 0. The molecule has 0 aliphatic carbocycles. The Labute approximate surface area is 76.0 Å². The maximum atomic E-state index is 5.35. The number of rotatable bonds is 2. The van der Waals surface area contributed by atoms with E-state index in [0.717, 1.165) is 16.5 Å². The second kappa shape index (κ2) is 3.20. The summed E-state index contributed by atoms with van der Waals surface area (Å²) in [6, 6.07) is 6.05. The van der Waals surface area contributed by atoms with E-state index in [1.165, 1.54) is 5.56 Å². The first-order valence-electron chi connectivity index (χ1n) is 4.09. The summed E-state index contributed by atoms with van der Waals surface area (Å²) in [5.41, 5.74) is 3.05.